The summed E-state index contributed by atoms with van der Waals surface area (Å²) in [7, 11) is -3.08. The van der Waals surface area contributed by atoms with E-state index in [1.54, 1.807) is 11.8 Å². The molecule has 0 unspecified atom stereocenters. The van der Waals surface area contributed by atoms with Crippen LogP contribution in [0.3, 0.4) is 0 Å². The van der Waals surface area contributed by atoms with E-state index in [1.165, 1.54) is 0 Å². The fourth-order valence-electron chi connectivity index (χ4n) is 2.77. The van der Waals surface area contributed by atoms with Gasteiger partial charge >= 0.3 is 0 Å². The smallest absolute Gasteiger partial charge is 0.189 e. The van der Waals surface area contributed by atoms with Gasteiger partial charge in [0.25, 0.3) is 0 Å². The van der Waals surface area contributed by atoms with Crippen LogP contribution in [0.4, 0.5) is 5.82 Å². The minimum Gasteiger partial charge on any atom is -0.369 e. The Morgan fingerprint density at radius 2 is 2.04 bits per heavy atom. The molecule has 3 rings (SSSR count). The van der Waals surface area contributed by atoms with Crippen LogP contribution >= 0.6 is 35.8 Å². The Morgan fingerprint density at radius 3 is 2.77 bits per heavy atom. The van der Waals surface area contributed by atoms with Crippen molar-refractivity contribution < 1.29 is 8.42 Å². The quantitative estimate of drug-likeness (QED) is 0.551. The third-order valence-electron chi connectivity index (χ3n) is 4.00. The fraction of sp³-hybridized carbons (Fsp3) is 0.412. The number of fused-ring (bicyclic) bond motifs is 1. The number of thioether (sulfide) groups is 1. The second-order valence-corrected chi connectivity index (χ2v) is 9.65. The summed E-state index contributed by atoms with van der Waals surface area (Å²) < 4.78 is 24.0. The van der Waals surface area contributed by atoms with Gasteiger partial charge < -0.3 is 5.32 Å². The molecule has 0 amide bonds. The Kier molecular flexibility index (Phi) is 7.58. The fourth-order valence-corrected chi connectivity index (χ4v) is 4.98. The normalized spacial score (nSPS) is 15.0. The van der Waals surface area contributed by atoms with E-state index >= 15 is 0 Å². The topological polar surface area (TPSA) is 72.0 Å². The van der Waals surface area contributed by atoms with Gasteiger partial charge in [-0.2, -0.15) is 0 Å². The number of halogens is 2. The van der Waals surface area contributed by atoms with Crippen LogP contribution in [0, 0.1) is 0 Å². The van der Waals surface area contributed by atoms with Crippen LogP contribution in [0.25, 0.3) is 0 Å². The predicted octanol–water partition coefficient (Wildman–Crippen LogP) is 3.79. The van der Waals surface area contributed by atoms with Crippen molar-refractivity contribution in [2.24, 2.45) is 0 Å². The molecule has 0 fully saturated rings. The van der Waals surface area contributed by atoms with Gasteiger partial charge in [0.2, 0.25) is 0 Å². The third-order valence-corrected chi connectivity index (χ3v) is 6.66. The highest BCUT2D eigenvalue weighted by atomic mass is 35.5. The summed E-state index contributed by atoms with van der Waals surface area (Å²) in [6, 6.07) is 7.71. The molecule has 9 heteroatoms. The average Bonchev–Trinajstić information content (AvgIpc) is 2.57. The molecule has 142 valence electrons. The van der Waals surface area contributed by atoms with Crippen molar-refractivity contribution >= 4 is 51.4 Å². The van der Waals surface area contributed by atoms with E-state index in [4.69, 9.17) is 11.6 Å². The van der Waals surface area contributed by atoms with Crippen molar-refractivity contribution in [3.63, 3.8) is 0 Å². The lowest BCUT2D eigenvalue weighted by molar-refractivity contribution is 0.589. The third kappa shape index (κ3) is 5.25. The van der Waals surface area contributed by atoms with Crippen LogP contribution in [0.2, 0.25) is 5.02 Å². The Morgan fingerprint density at radius 1 is 1.27 bits per heavy atom. The average molecular weight is 434 g/mol. The van der Waals surface area contributed by atoms with Crippen LogP contribution in [-0.4, -0.2) is 36.4 Å². The minimum atomic E-state index is -3.08. The van der Waals surface area contributed by atoms with Crippen LogP contribution in [-0.2, 0) is 28.4 Å². The largest absolute Gasteiger partial charge is 0.369 e. The van der Waals surface area contributed by atoms with Gasteiger partial charge in [0.05, 0.1) is 17.2 Å². The molecule has 1 aromatic heterocycles. The van der Waals surface area contributed by atoms with Crippen molar-refractivity contribution in [3.8, 4) is 0 Å². The van der Waals surface area contributed by atoms with E-state index in [2.05, 4.69) is 15.3 Å². The van der Waals surface area contributed by atoms with Gasteiger partial charge in [-0.25, -0.2) is 18.4 Å². The highest BCUT2D eigenvalue weighted by Crippen LogP contribution is 2.28. The monoisotopic (exact) mass is 433 g/mol. The Bertz CT molecular complexity index is 876. The van der Waals surface area contributed by atoms with Crippen molar-refractivity contribution in [3.05, 3.63) is 46.1 Å². The number of rotatable bonds is 6. The molecular weight excluding hydrogens is 413 g/mol. The van der Waals surface area contributed by atoms with Gasteiger partial charge in [-0.15, -0.1) is 12.4 Å². The summed E-state index contributed by atoms with van der Waals surface area (Å²) in [4.78, 5) is 9.07. The van der Waals surface area contributed by atoms with Crippen LogP contribution in [0.15, 0.2) is 29.4 Å². The first kappa shape index (κ1) is 21.3. The lowest BCUT2D eigenvalue weighted by Gasteiger charge is -2.20. The van der Waals surface area contributed by atoms with Crippen LogP contribution in [0.5, 0.6) is 0 Å². The summed E-state index contributed by atoms with van der Waals surface area (Å²) in [6.45, 7) is 2.67. The highest BCUT2D eigenvalue weighted by Gasteiger charge is 2.26. The van der Waals surface area contributed by atoms with E-state index in [0.717, 1.165) is 28.5 Å². The molecule has 1 aliphatic rings. The van der Waals surface area contributed by atoms with Crippen LogP contribution < -0.4 is 5.32 Å². The second kappa shape index (κ2) is 9.26. The summed E-state index contributed by atoms with van der Waals surface area (Å²) >= 11 is 7.75. The van der Waals surface area contributed by atoms with Gasteiger partial charge in [-0.05, 0) is 23.8 Å². The number of sulfone groups is 1. The maximum absolute atomic E-state index is 12.0. The first-order valence-corrected chi connectivity index (χ1v) is 11.4. The predicted molar refractivity (Wildman–Crippen MR) is 111 cm³/mol. The number of nitrogens with zero attached hydrogens (tertiary/aromatic N) is 2. The lowest BCUT2D eigenvalue weighted by atomic mass is 10.1. The number of hydrogen-bond acceptors (Lipinski definition) is 6. The zero-order valence-electron chi connectivity index (χ0n) is 14.4. The maximum atomic E-state index is 12.0. The molecule has 0 spiro atoms. The molecule has 1 aliphatic heterocycles. The summed E-state index contributed by atoms with van der Waals surface area (Å²) in [5.74, 6) is 1.67. The molecule has 2 aromatic rings. The molecule has 0 saturated heterocycles. The minimum absolute atomic E-state index is 0. The summed E-state index contributed by atoms with van der Waals surface area (Å²) in [5.41, 5.74) is 2.61. The zero-order chi connectivity index (χ0) is 17.9. The van der Waals surface area contributed by atoms with Crippen LogP contribution in [0.1, 0.15) is 23.7 Å². The molecule has 5 nitrogen and oxygen atoms in total. The Balaban J connectivity index is 0.00000243. The molecule has 0 saturated carbocycles. The van der Waals surface area contributed by atoms with E-state index in [0.29, 0.717) is 29.5 Å². The molecule has 0 bridgehead atoms. The number of hydrogen-bond donors (Lipinski definition) is 1. The molecule has 1 aromatic carbocycles. The number of benzene rings is 1. The van der Waals surface area contributed by atoms with Gasteiger partial charge in [-0.1, -0.05) is 48.5 Å². The first-order valence-electron chi connectivity index (χ1n) is 8.19. The van der Waals surface area contributed by atoms with Crippen molar-refractivity contribution in [2.45, 2.75) is 30.7 Å². The molecule has 0 atom stereocenters. The Hall–Kier alpha value is -1.02. The van der Waals surface area contributed by atoms with E-state index in [1.807, 2.05) is 31.2 Å². The van der Waals surface area contributed by atoms with Crippen molar-refractivity contribution in [2.75, 3.05) is 23.4 Å². The summed E-state index contributed by atoms with van der Waals surface area (Å²) in [5, 5.41) is 4.73. The SMILES string of the molecule is CCSc1nc2c(c(NCCc3ccccc3Cl)n1)CS(=O)(=O)CC2.Cl. The maximum Gasteiger partial charge on any atom is 0.189 e. The number of nitrogens with one attached hydrogen (secondary N) is 1. The molecule has 0 radical (unpaired) electrons. The molecule has 0 aliphatic carbocycles. The molecular formula is C17H21Cl2N3O2S2. The number of aromatic nitrogens is 2. The van der Waals surface area contributed by atoms with E-state index in [-0.39, 0.29) is 23.9 Å². The van der Waals surface area contributed by atoms with Gasteiger partial charge in [-0.3, -0.25) is 0 Å². The number of anilines is 1. The Labute approximate surface area is 169 Å². The first-order chi connectivity index (χ1) is 12.0. The lowest BCUT2D eigenvalue weighted by Crippen LogP contribution is -2.23. The standard InChI is InChI=1S/C17H20ClN3O2S2.ClH/c1-2-24-17-20-15-8-10-25(22,23)11-13(15)16(21-17)19-9-7-12-5-3-4-6-14(12)18;/h3-6H,2,7-11H2,1H3,(H,19,20,21);1H. The van der Waals surface area contributed by atoms with Crippen molar-refractivity contribution in [1.29, 1.82) is 0 Å². The number of aryl methyl sites for hydroxylation is 1. The van der Waals surface area contributed by atoms with E-state index < -0.39 is 9.84 Å². The highest BCUT2D eigenvalue weighted by molar-refractivity contribution is 7.99. The second-order valence-electron chi connectivity index (χ2n) is 5.82. The summed E-state index contributed by atoms with van der Waals surface area (Å²) in [6.07, 6.45) is 1.19. The molecule has 2 heterocycles. The van der Waals surface area contributed by atoms with E-state index in [9.17, 15) is 8.42 Å². The van der Waals surface area contributed by atoms with Gasteiger partial charge in [0, 0.05) is 23.6 Å². The molecule has 1 N–H and O–H groups in total. The zero-order valence-corrected chi connectivity index (χ0v) is 17.6. The molecule has 26 heavy (non-hydrogen) atoms. The van der Waals surface area contributed by atoms with Crippen molar-refractivity contribution in [1.82, 2.24) is 9.97 Å². The van der Waals surface area contributed by atoms with Gasteiger partial charge in [0.1, 0.15) is 5.82 Å². The van der Waals surface area contributed by atoms with Gasteiger partial charge in [0.15, 0.2) is 15.0 Å².